The fraction of sp³-hybridized carbons (Fsp3) is 0.688. The predicted octanol–water partition coefficient (Wildman–Crippen LogP) is 9.52. The fourth-order valence-electron chi connectivity index (χ4n) is 4.51. The van der Waals surface area contributed by atoms with E-state index >= 15 is 0 Å². The number of hydrogen-bond acceptors (Lipinski definition) is 5. The summed E-state index contributed by atoms with van der Waals surface area (Å²) in [5, 5.41) is 3.11. The van der Waals surface area contributed by atoms with E-state index in [4.69, 9.17) is 19.1 Å². The second-order valence-electron chi connectivity index (χ2n) is 14.7. The topological polar surface area (TPSA) is 111 Å². The maximum atomic E-state index is 14.0. The second-order valence-corrected chi connectivity index (χ2v) is 24.2. The Bertz CT molecular complexity index is 1180. The summed E-state index contributed by atoms with van der Waals surface area (Å²) in [5.41, 5.74) is 10.0. The van der Waals surface area contributed by atoms with Gasteiger partial charge < -0.3 is 13.6 Å². The number of esters is 1. The molecule has 0 aliphatic carbocycles. The van der Waals surface area contributed by atoms with Gasteiger partial charge in [-0.15, -0.1) is 0 Å². The number of rotatable bonds is 7. The molecule has 1 aliphatic heterocycles. The van der Waals surface area contributed by atoms with Crippen molar-refractivity contribution in [1.82, 2.24) is 0 Å². The lowest BCUT2D eigenvalue weighted by molar-refractivity contribution is -0.113. The molecule has 1 heterocycles. The fourth-order valence-corrected chi connectivity index (χ4v) is 6.97. The molecule has 0 saturated carbocycles. The molecule has 42 heavy (non-hydrogen) atoms. The summed E-state index contributed by atoms with van der Waals surface area (Å²) in [6, 6.07) is 5.85. The van der Waals surface area contributed by atoms with Gasteiger partial charge >= 0.3 is 5.97 Å². The van der Waals surface area contributed by atoms with Crippen LogP contribution in [-0.4, -0.2) is 40.7 Å². The van der Waals surface area contributed by atoms with Crippen molar-refractivity contribution in [3.05, 3.63) is 51.9 Å². The molecule has 8 nitrogen and oxygen atoms in total. The Morgan fingerprint density at radius 3 is 2.33 bits per heavy atom. The molecular formula is C32H53N3O5Si2. The van der Waals surface area contributed by atoms with Gasteiger partial charge in [-0.3, -0.25) is 4.79 Å². The van der Waals surface area contributed by atoms with E-state index in [-0.39, 0.29) is 22.1 Å². The summed E-state index contributed by atoms with van der Waals surface area (Å²) in [6.45, 7) is 24.3. The zero-order valence-electron chi connectivity index (χ0n) is 27.7. The van der Waals surface area contributed by atoms with Gasteiger partial charge in [-0.1, -0.05) is 73.1 Å². The number of cyclic esters (lactones) is 1. The smallest absolute Gasteiger partial charge is 0.342 e. The third-order valence-electron chi connectivity index (χ3n) is 9.30. The summed E-state index contributed by atoms with van der Waals surface area (Å²) < 4.78 is 19.9. The molecule has 1 unspecified atom stereocenters. The number of aryl methyl sites for hydroxylation is 1. The van der Waals surface area contributed by atoms with Crippen LogP contribution in [0.2, 0.25) is 36.3 Å². The van der Waals surface area contributed by atoms with Crippen LogP contribution in [-0.2, 0) is 20.4 Å². The lowest BCUT2D eigenvalue weighted by Crippen LogP contribution is -2.46. The zero-order chi connectivity index (χ0) is 31.9. The molecule has 0 radical (unpaired) electrons. The van der Waals surface area contributed by atoms with Crippen molar-refractivity contribution < 1.29 is 23.2 Å². The molecule has 1 aromatic rings. The van der Waals surface area contributed by atoms with E-state index in [2.05, 4.69) is 84.7 Å². The minimum Gasteiger partial charge on any atom is -0.543 e. The van der Waals surface area contributed by atoms with Gasteiger partial charge in [0.05, 0.1) is 6.10 Å². The van der Waals surface area contributed by atoms with Gasteiger partial charge in [-0.25, -0.2) is 4.79 Å². The molecule has 1 aliphatic rings. The molecule has 0 spiro atoms. The van der Waals surface area contributed by atoms with E-state index in [1.54, 1.807) is 6.08 Å². The Balaban J connectivity index is 2.55. The molecule has 1 aromatic carbocycles. The van der Waals surface area contributed by atoms with Crippen molar-refractivity contribution in [2.75, 3.05) is 0 Å². The highest BCUT2D eigenvalue weighted by Gasteiger charge is 2.42. The monoisotopic (exact) mass is 615 g/mol. The summed E-state index contributed by atoms with van der Waals surface area (Å²) >= 11 is 0. The Kier molecular flexibility index (Phi) is 12.3. The summed E-state index contributed by atoms with van der Waals surface area (Å²) in [4.78, 5) is 28.5. The van der Waals surface area contributed by atoms with Crippen molar-refractivity contribution >= 4 is 28.5 Å². The number of ether oxygens (including phenoxy) is 1. The molecule has 234 valence electrons. The standard InChI is InChI=1S/C32H53N3O5Si2/c1-23-16-12-13-17-24-18-14-20-26(39-41(8,9)31(2,3)4)29(24)30(37)38-25(19-15-21-28(36)34-35-33)22-27(23)40-42(10,11)32(5,6)7/h14-15,18,20-21,23,25,27H,12-13,16-17,19,22H2,1-11H3/t23-,25?,27+/m0/s1. The summed E-state index contributed by atoms with van der Waals surface area (Å²) in [7, 11) is -4.36. The Labute approximate surface area is 255 Å². The van der Waals surface area contributed by atoms with Crippen LogP contribution < -0.4 is 4.43 Å². The number of carbonyl (C=O) groups excluding carboxylic acids is 2. The van der Waals surface area contributed by atoms with E-state index in [0.29, 0.717) is 24.2 Å². The number of benzene rings is 1. The van der Waals surface area contributed by atoms with Crippen molar-refractivity contribution in [2.45, 2.75) is 135 Å². The van der Waals surface area contributed by atoms with Crippen LogP contribution in [0.4, 0.5) is 0 Å². The molecule has 3 atom stereocenters. The van der Waals surface area contributed by atoms with Gasteiger partial charge in [0.25, 0.3) is 8.32 Å². The van der Waals surface area contributed by atoms with E-state index in [9.17, 15) is 9.59 Å². The summed E-state index contributed by atoms with van der Waals surface area (Å²) in [5.74, 6) is -0.258. The maximum Gasteiger partial charge on any atom is 0.342 e. The van der Waals surface area contributed by atoms with Gasteiger partial charge in [-0.2, -0.15) is 0 Å². The highest BCUT2D eigenvalue weighted by Crippen LogP contribution is 2.41. The number of azide groups is 1. The van der Waals surface area contributed by atoms with Gasteiger partial charge in [0.2, 0.25) is 5.91 Å². The van der Waals surface area contributed by atoms with Crippen molar-refractivity contribution in [3.8, 4) is 5.75 Å². The molecule has 1 amide bonds. The van der Waals surface area contributed by atoms with Crippen LogP contribution in [0, 0.1) is 5.92 Å². The third kappa shape index (κ3) is 9.83. The number of hydrogen-bond donors (Lipinski definition) is 0. The quantitative estimate of drug-likeness (QED) is 0.0757. The van der Waals surface area contributed by atoms with Crippen molar-refractivity contribution in [1.29, 1.82) is 0 Å². The Hall–Kier alpha value is -2.40. The first-order chi connectivity index (χ1) is 19.3. The minimum atomic E-state index is -2.24. The molecule has 0 fully saturated rings. The first kappa shape index (κ1) is 35.8. The first-order valence-corrected chi connectivity index (χ1v) is 21.1. The van der Waals surface area contributed by atoms with E-state index in [1.165, 1.54) is 6.08 Å². The Morgan fingerprint density at radius 1 is 1.10 bits per heavy atom. The number of fused-ring (bicyclic) bond motifs is 1. The normalized spacial score (nSPS) is 21.4. The average molecular weight is 616 g/mol. The number of carbonyl (C=O) groups is 2. The predicted molar refractivity (Wildman–Crippen MR) is 175 cm³/mol. The first-order valence-electron chi connectivity index (χ1n) is 15.2. The number of amides is 1. The average Bonchev–Trinajstić information content (AvgIpc) is 2.83. The van der Waals surface area contributed by atoms with Crippen LogP contribution in [0.25, 0.3) is 10.4 Å². The van der Waals surface area contributed by atoms with E-state index in [1.807, 2.05) is 18.2 Å². The summed E-state index contributed by atoms with van der Waals surface area (Å²) in [6.07, 6.45) is 6.72. The highest BCUT2D eigenvalue weighted by molar-refractivity contribution is 6.75. The van der Waals surface area contributed by atoms with Gasteiger partial charge in [0, 0.05) is 17.8 Å². The molecule has 2 rings (SSSR count). The lowest BCUT2D eigenvalue weighted by atomic mass is 9.91. The van der Waals surface area contributed by atoms with Crippen LogP contribution >= 0.6 is 0 Å². The molecule has 10 heteroatoms. The Morgan fingerprint density at radius 2 is 1.74 bits per heavy atom. The SMILES string of the molecule is C[C@H]1CCCCc2cccc(O[Si](C)(C)C(C)(C)C)c2C(=O)OC(CC=CC(=O)N=[N+]=[N-])C[C@H]1O[Si](C)(C)C(C)(C)C. The highest BCUT2D eigenvalue weighted by atomic mass is 28.4. The maximum absolute atomic E-state index is 14.0. The molecule has 0 aromatic heterocycles. The van der Waals surface area contributed by atoms with E-state index < -0.39 is 34.6 Å². The van der Waals surface area contributed by atoms with Crippen molar-refractivity contribution in [3.63, 3.8) is 0 Å². The molecule has 0 saturated heterocycles. The minimum absolute atomic E-state index is 0.0269. The molecule has 0 N–H and O–H groups in total. The zero-order valence-corrected chi connectivity index (χ0v) is 29.7. The molecule has 0 bridgehead atoms. The number of nitrogens with zero attached hydrogens (tertiary/aromatic N) is 3. The van der Waals surface area contributed by atoms with Crippen LogP contribution in [0.1, 0.15) is 96.5 Å². The van der Waals surface area contributed by atoms with Crippen molar-refractivity contribution in [2.24, 2.45) is 11.0 Å². The van der Waals surface area contributed by atoms with Gasteiger partial charge in [0.1, 0.15) is 17.4 Å². The largest absolute Gasteiger partial charge is 0.543 e. The van der Waals surface area contributed by atoms with E-state index in [0.717, 1.165) is 31.2 Å². The van der Waals surface area contributed by atoms with Crippen LogP contribution in [0.15, 0.2) is 35.5 Å². The van der Waals surface area contributed by atoms with Gasteiger partial charge in [0.15, 0.2) is 8.32 Å². The lowest BCUT2D eigenvalue weighted by Gasteiger charge is -2.42. The van der Waals surface area contributed by atoms with Gasteiger partial charge in [-0.05, 0) is 89.8 Å². The van der Waals surface area contributed by atoms with Crippen LogP contribution in [0.5, 0.6) is 5.75 Å². The second kappa shape index (κ2) is 14.4. The third-order valence-corrected chi connectivity index (χ3v) is 18.1. The molecular weight excluding hydrogens is 563 g/mol. The van der Waals surface area contributed by atoms with Crippen LogP contribution in [0.3, 0.4) is 0 Å².